The van der Waals surface area contributed by atoms with Gasteiger partial charge in [-0.25, -0.2) is 0 Å². The van der Waals surface area contributed by atoms with Crippen LogP contribution in [0.1, 0.15) is 41.0 Å². The molecule has 1 aromatic carbocycles. The van der Waals surface area contributed by atoms with Crippen LogP contribution in [-0.2, 0) is 14.4 Å². The summed E-state index contributed by atoms with van der Waals surface area (Å²) >= 11 is 6.38. The van der Waals surface area contributed by atoms with Crippen LogP contribution in [0, 0.1) is 20.8 Å². The van der Waals surface area contributed by atoms with E-state index in [9.17, 15) is 9.59 Å². The van der Waals surface area contributed by atoms with Gasteiger partial charge >= 0.3 is 0 Å². The van der Waals surface area contributed by atoms with E-state index in [2.05, 4.69) is 5.32 Å². The van der Waals surface area contributed by atoms with E-state index in [1.54, 1.807) is 7.11 Å². The number of aryl methyl sites for hydroxylation is 2. The molecule has 130 valence electrons. The fourth-order valence-corrected chi connectivity index (χ4v) is 4.23. The zero-order valence-electron chi connectivity index (χ0n) is 14.5. The second-order valence-corrected chi connectivity index (χ2v) is 7.22. The summed E-state index contributed by atoms with van der Waals surface area (Å²) in [6.45, 7) is 7.01. The van der Waals surface area contributed by atoms with Crippen molar-refractivity contribution in [2.75, 3.05) is 20.2 Å². The fourth-order valence-electron chi connectivity index (χ4n) is 4.07. The first-order chi connectivity index (χ1) is 11.3. The highest BCUT2D eigenvalue weighted by atomic mass is 35.5. The van der Waals surface area contributed by atoms with Crippen LogP contribution in [0.3, 0.4) is 0 Å². The summed E-state index contributed by atoms with van der Waals surface area (Å²) in [6.07, 6.45) is 1.14. The van der Waals surface area contributed by atoms with Gasteiger partial charge in [-0.05, 0) is 55.9 Å². The molecule has 1 spiro atoms. The van der Waals surface area contributed by atoms with Crippen LogP contribution in [0.5, 0.6) is 0 Å². The number of hydrogen-bond acceptors (Lipinski definition) is 4. The van der Waals surface area contributed by atoms with Gasteiger partial charge in [0.05, 0.1) is 7.11 Å². The molecule has 0 saturated carbocycles. The maximum atomic E-state index is 13.2. The van der Waals surface area contributed by atoms with E-state index < -0.39 is 11.5 Å². The molecule has 1 unspecified atom stereocenters. The Balaban J connectivity index is 1.98. The summed E-state index contributed by atoms with van der Waals surface area (Å²) in [5, 5.41) is 5.43. The normalized spacial score (nSPS) is 23.8. The van der Waals surface area contributed by atoms with Crippen molar-refractivity contribution in [2.24, 2.45) is 0 Å². The van der Waals surface area contributed by atoms with Crippen LogP contribution in [0.15, 0.2) is 6.07 Å². The number of rotatable bonds is 2. The molecule has 2 aliphatic rings. The molecule has 1 amide bonds. The number of ketones is 1. The summed E-state index contributed by atoms with van der Waals surface area (Å²) in [5.41, 5.74) is 2.72. The summed E-state index contributed by atoms with van der Waals surface area (Å²) < 4.78 is 0. The smallest absolute Gasteiger partial charge is 0.235 e. The summed E-state index contributed by atoms with van der Waals surface area (Å²) in [7, 11) is 1.62. The van der Waals surface area contributed by atoms with Crippen LogP contribution >= 0.6 is 11.6 Å². The minimum atomic E-state index is -0.771. The molecule has 0 aromatic heterocycles. The lowest BCUT2D eigenvalue weighted by atomic mass is 9.79. The number of Topliss-reactive ketones (excluding diaryl/α,β-unsaturated/α-hetero) is 1. The Hall–Kier alpha value is -1.43. The van der Waals surface area contributed by atoms with Gasteiger partial charge in [-0.1, -0.05) is 17.7 Å². The number of nitrogens with one attached hydrogen (secondary N) is 1. The molecule has 1 N–H and O–H groups in total. The molecule has 5 nitrogen and oxygen atoms in total. The Morgan fingerprint density at radius 1 is 1.21 bits per heavy atom. The molecule has 0 radical (unpaired) electrons. The maximum absolute atomic E-state index is 13.2. The molecule has 0 aliphatic carbocycles. The molecule has 2 saturated heterocycles. The lowest BCUT2D eigenvalue weighted by molar-refractivity contribution is -0.157. The van der Waals surface area contributed by atoms with Crippen molar-refractivity contribution in [1.29, 1.82) is 0 Å². The van der Waals surface area contributed by atoms with Crippen molar-refractivity contribution >= 4 is 23.3 Å². The van der Waals surface area contributed by atoms with Crippen LogP contribution < -0.4 is 5.32 Å². The number of carbonyl (C=O) groups is 2. The maximum Gasteiger partial charge on any atom is 0.235 e. The molecule has 1 aromatic rings. The Bertz CT molecular complexity index is 709. The highest BCUT2D eigenvalue weighted by molar-refractivity contribution is 6.32. The first-order valence-corrected chi connectivity index (χ1v) is 8.60. The fraction of sp³-hybridized carbons (Fsp3) is 0.556. The van der Waals surface area contributed by atoms with E-state index in [1.807, 2.05) is 31.9 Å². The van der Waals surface area contributed by atoms with E-state index in [0.717, 1.165) is 22.3 Å². The Morgan fingerprint density at radius 3 is 2.42 bits per heavy atom. The average Bonchev–Trinajstić information content (AvgIpc) is 2.78. The zero-order valence-corrected chi connectivity index (χ0v) is 15.3. The standard InChI is InChI=1S/C18H23ClN2O3/c1-10-9-11(2)15(19)12(3)13(10)14-16(22)18(20-17(14)23)5-7-21(24-4)8-6-18/h9,14H,5-8H2,1-4H3,(H,20,23). The van der Waals surface area contributed by atoms with Gasteiger partial charge in [0.25, 0.3) is 0 Å². The predicted molar refractivity (Wildman–Crippen MR) is 92.1 cm³/mol. The number of nitrogens with zero attached hydrogens (tertiary/aromatic N) is 1. The summed E-state index contributed by atoms with van der Waals surface area (Å²) in [4.78, 5) is 31.1. The monoisotopic (exact) mass is 350 g/mol. The van der Waals surface area contributed by atoms with Gasteiger partial charge in [-0.15, -0.1) is 0 Å². The van der Waals surface area contributed by atoms with Crippen molar-refractivity contribution in [3.8, 4) is 0 Å². The van der Waals surface area contributed by atoms with Crippen LogP contribution in [0.2, 0.25) is 5.02 Å². The largest absolute Gasteiger partial charge is 0.343 e. The number of piperidine rings is 1. The topological polar surface area (TPSA) is 58.6 Å². The molecule has 6 heteroatoms. The number of hydroxylamine groups is 2. The van der Waals surface area contributed by atoms with Gasteiger partial charge in [-0.2, -0.15) is 5.06 Å². The third-order valence-electron chi connectivity index (χ3n) is 5.42. The molecule has 24 heavy (non-hydrogen) atoms. The SMILES string of the molecule is CON1CCC2(CC1)NC(=O)C(c1c(C)cc(C)c(Cl)c1C)C2=O. The first kappa shape index (κ1) is 17.4. The summed E-state index contributed by atoms with van der Waals surface area (Å²) in [6, 6.07) is 1.95. The second kappa shape index (κ2) is 6.14. The second-order valence-electron chi connectivity index (χ2n) is 6.84. The molecule has 2 heterocycles. The lowest BCUT2D eigenvalue weighted by Crippen LogP contribution is -2.54. The minimum absolute atomic E-state index is 0.0330. The molecule has 3 rings (SSSR count). The van der Waals surface area contributed by atoms with E-state index in [1.165, 1.54) is 0 Å². The molecule has 1 atom stereocenters. The third-order valence-corrected chi connectivity index (χ3v) is 6.00. The molecular formula is C18H23ClN2O3. The molecule has 2 aliphatic heterocycles. The van der Waals surface area contributed by atoms with Crippen LogP contribution in [0.25, 0.3) is 0 Å². The number of carbonyl (C=O) groups excluding carboxylic acids is 2. The quantitative estimate of drug-likeness (QED) is 0.832. The third kappa shape index (κ3) is 2.55. The molecule has 2 fully saturated rings. The highest BCUT2D eigenvalue weighted by Crippen LogP contribution is 2.40. The van der Waals surface area contributed by atoms with Gasteiger partial charge in [0.15, 0.2) is 5.78 Å². The van der Waals surface area contributed by atoms with Crippen molar-refractivity contribution in [3.63, 3.8) is 0 Å². The number of benzene rings is 1. The van der Waals surface area contributed by atoms with Crippen molar-refractivity contribution in [2.45, 2.75) is 45.1 Å². The van der Waals surface area contributed by atoms with Gasteiger partial charge in [0.2, 0.25) is 5.91 Å². The lowest BCUT2D eigenvalue weighted by Gasteiger charge is -2.36. The Labute approximate surface area is 147 Å². The Kier molecular flexibility index (Phi) is 4.45. The summed E-state index contributed by atoms with van der Waals surface area (Å²) in [5.74, 6) is -1.01. The van der Waals surface area contributed by atoms with E-state index in [4.69, 9.17) is 16.4 Å². The van der Waals surface area contributed by atoms with Gasteiger partial charge < -0.3 is 10.2 Å². The van der Waals surface area contributed by atoms with Gasteiger partial charge in [0, 0.05) is 18.1 Å². The van der Waals surface area contributed by atoms with E-state index in [-0.39, 0.29) is 11.7 Å². The minimum Gasteiger partial charge on any atom is -0.343 e. The van der Waals surface area contributed by atoms with Crippen LogP contribution in [-0.4, -0.2) is 42.5 Å². The molecular weight excluding hydrogens is 328 g/mol. The number of hydrogen-bond donors (Lipinski definition) is 1. The number of amides is 1. The predicted octanol–water partition coefficient (Wildman–Crippen LogP) is 2.44. The van der Waals surface area contributed by atoms with Crippen molar-refractivity contribution in [3.05, 3.63) is 33.3 Å². The molecule has 0 bridgehead atoms. The van der Waals surface area contributed by atoms with E-state index >= 15 is 0 Å². The Morgan fingerprint density at radius 2 is 1.83 bits per heavy atom. The zero-order chi connectivity index (χ0) is 17.6. The van der Waals surface area contributed by atoms with Crippen molar-refractivity contribution in [1.82, 2.24) is 10.4 Å². The van der Waals surface area contributed by atoms with Gasteiger partial charge in [-0.3, -0.25) is 9.59 Å². The van der Waals surface area contributed by atoms with Crippen LogP contribution in [0.4, 0.5) is 0 Å². The first-order valence-electron chi connectivity index (χ1n) is 8.22. The number of halogens is 1. The highest BCUT2D eigenvalue weighted by Gasteiger charge is 2.54. The van der Waals surface area contributed by atoms with E-state index in [0.29, 0.717) is 31.0 Å². The average molecular weight is 351 g/mol. The van der Waals surface area contributed by atoms with Crippen molar-refractivity contribution < 1.29 is 14.4 Å². The van der Waals surface area contributed by atoms with Gasteiger partial charge in [0.1, 0.15) is 11.5 Å².